The highest BCUT2D eigenvalue weighted by molar-refractivity contribution is 5.81. The first-order chi connectivity index (χ1) is 10.6. The van der Waals surface area contributed by atoms with Gasteiger partial charge in [-0.1, -0.05) is 12.1 Å². The van der Waals surface area contributed by atoms with Gasteiger partial charge in [-0.15, -0.1) is 0 Å². The number of hydrogen-bond donors (Lipinski definition) is 1. The Hall–Kier alpha value is -2.24. The van der Waals surface area contributed by atoms with Crippen LogP contribution in [0.25, 0.3) is 0 Å². The van der Waals surface area contributed by atoms with E-state index in [1.165, 1.54) is 0 Å². The Morgan fingerprint density at radius 3 is 2.82 bits per heavy atom. The monoisotopic (exact) mass is 304 g/mol. The van der Waals surface area contributed by atoms with Crippen LogP contribution in [0.3, 0.4) is 0 Å². The highest BCUT2D eigenvalue weighted by atomic mass is 16.5. The minimum Gasteiger partial charge on any atom is -0.493 e. The largest absolute Gasteiger partial charge is 0.493 e. The molecule has 1 N–H and O–H groups in total. The van der Waals surface area contributed by atoms with E-state index in [1.54, 1.807) is 24.1 Å². The molecule has 3 rings (SSSR count). The van der Waals surface area contributed by atoms with Crippen LogP contribution >= 0.6 is 0 Å². The van der Waals surface area contributed by atoms with Crippen molar-refractivity contribution >= 4 is 11.8 Å². The first-order valence-electron chi connectivity index (χ1n) is 7.42. The second-order valence-electron chi connectivity index (χ2n) is 5.96. The summed E-state index contributed by atoms with van der Waals surface area (Å²) in [4.78, 5) is 25.5. The third kappa shape index (κ3) is 2.86. The summed E-state index contributed by atoms with van der Waals surface area (Å²) in [6.45, 7) is 1.96. The SMILES string of the molecule is COc1ccccc1OCC(=O)N1CCC2(CNC(=O)C2)C1. The van der Waals surface area contributed by atoms with E-state index in [2.05, 4.69) is 5.32 Å². The molecule has 0 radical (unpaired) electrons. The van der Waals surface area contributed by atoms with E-state index in [0.717, 1.165) is 6.42 Å². The summed E-state index contributed by atoms with van der Waals surface area (Å²) in [5.41, 5.74) is -0.0722. The summed E-state index contributed by atoms with van der Waals surface area (Å²) in [5, 5.41) is 2.86. The van der Waals surface area contributed by atoms with E-state index < -0.39 is 0 Å². The minimum atomic E-state index is -0.0722. The van der Waals surface area contributed by atoms with Crippen LogP contribution in [0.1, 0.15) is 12.8 Å². The number of para-hydroxylation sites is 2. The Labute approximate surface area is 129 Å². The zero-order valence-electron chi connectivity index (χ0n) is 12.6. The first-order valence-corrected chi connectivity index (χ1v) is 7.42. The average Bonchev–Trinajstić information content (AvgIpc) is 3.11. The fraction of sp³-hybridized carbons (Fsp3) is 0.500. The Morgan fingerprint density at radius 1 is 1.36 bits per heavy atom. The molecule has 1 aromatic carbocycles. The summed E-state index contributed by atoms with van der Waals surface area (Å²) >= 11 is 0. The third-order valence-corrected chi connectivity index (χ3v) is 4.41. The molecule has 6 heteroatoms. The second-order valence-corrected chi connectivity index (χ2v) is 5.96. The van der Waals surface area contributed by atoms with Crippen LogP contribution in [-0.2, 0) is 9.59 Å². The molecule has 2 saturated heterocycles. The Morgan fingerprint density at radius 2 is 2.14 bits per heavy atom. The molecule has 2 heterocycles. The molecule has 0 aromatic heterocycles. The molecule has 1 atom stereocenters. The Bertz CT molecular complexity index is 589. The molecule has 2 fully saturated rings. The quantitative estimate of drug-likeness (QED) is 0.894. The highest BCUT2D eigenvalue weighted by Crippen LogP contribution is 2.36. The second kappa shape index (κ2) is 5.87. The van der Waals surface area contributed by atoms with Crippen molar-refractivity contribution in [3.63, 3.8) is 0 Å². The van der Waals surface area contributed by atoms with E-state index >= 15 is 0 Å². The molecule has 118 valence electrons. The number of benzene rings is 1. The van der Waals surface area contributed by atoms with Gasteiger partial charge in [-0.2, -0.15) is 0 Å². The molecule has 2 aliphatic heterocycles. The van der Waals surface area contributed by atoms with Gasteiger partial charge in [-0.25, -0.2) is 0 Å². The first kappa shape index (κ1) is 14.7. The number of nitrogens with one attached hydrogen (secondary N) is 1. The number of carbonyl (C=O) groups is 2. The van der Waals surface area contributed by atoms with Crippen LogP contribution in [0, 0.1) is 5.41 Å². The van der Waals surface area contributed by atoms with Crippen LogP contribution in [0.5, 0.6) is 11.5 Å². The normalized spacial score (nSPS) is 23.7. The van der Waals surface area contributed by atoms with Crippen molar-refractivity contribution in [3.8, 4) is 11.5 Å². The third-order valence-electron chi connectivity index (χ3n) is 4.41. The Kier molecular flexibility index (Phi) is 3.92. The number of methoxy groups -OCH3 is 1. The highest BCUT2D eigenvalue weighted by Gasteiger charge is 2.45. The Balaban J connectivity index is 1.56. The molecule has 6 nitrogen and oxygen atoms in total. The standard InChI is InChI=1S/C16H20N2O4/c1-21-12-4-2-3-5-13(12)22-9-15(20)18-7-6-16(11-18)8-14(19)17-10-16/h2-5H,6-11H2,1H3,(H,17,19). The van der Waals surface area contributed by atoms with Gasteiger partial charge >= 0.3 is 0 Å². The van der Waals surface area contributed by atoms with Crippen molar-refractivity contribution in [1.29, 1.82) is 0 Å². The van der Waals surface area contributed by atoms with Gasteiger partial charge in [0.1, 0.15) is 0 Å². The van der Waals surface area contributed by atoms with E-state index in [9.17, 15) is 9.59 Å². The van der Waals surface area contributed by atoms with Crippen molar-refractivity contribution < 1.29 is 19.1 Å². The number of amides is 2. The van der Waals surface area contributed by atoms with Crippen LogP contribution in [-0.4, -0.2) is 50.1 Å². The summed E-state index contributed by atoms with van der Waals surface area (Å²) in [6, 6.07) is 7.25. The zero-order valence-corrected chi connectivity index (χ0v) is 12.6. The molecular formula is C16H20N2O4. The maximum Gasteiger partial charge on any atom is 0.260 e. The van der Waals surface area contributed by atoms with Gasteiger partial charge in [-0.05, 0) is 18.6 Å². The predicted octanol–water partition coefficient (Wildman–Crippen LogP) is 0.813. The molecule has 2 amide bonds. The van der Waals surface area contributed by atoms with Gasteiger partial charge in [0.05, 0.1) is 7.11 Å². The summed E-state index contributed by atoms with van der Waals surface area (Å²) in [6.07, 6.45) is 1.39. The molecule has 2 aliphatic rings. The number of hydrogen-bond acceptors (Lipinski definition) is 4. The molecule has 0 aliphatic carbocycles. The maximum atomic E-state index is 12.3. The van der Waals surface area contributed by atoms with Gasteiger partial charge < -0.3 is 19.7 Å². The fourth-order valence-corrected chi connectivity index (χ4v) is 3.16. The smallest absolute Gasteiger partial charge is 0.260 e. The van der Waals surface area contributed by atoms with E-state index in [4.69, 9.17) is 9.47 Å². The number of nitrogens with zero attached hydrogens (tertiary/aromatic N) is 1. The lowest BCUT2D eigenvalue weighted by Crippen LogP contribution is -2.36. The molecule has 0 bridgehead atoms. The summed E-state index contributed by atoms with van der Waals surface area (Å²) in [7, 11) is 1.57. The summed E-state index contributed by atoms with van der Waals surface area (Å²) < 4.78 is 10.8. The molecule has 22 heavy (non-hydrogen) atoms. The van der Waals surface area contributed by atoms with Crippen molar-refractivity contribution in [2.75, 3.05) is 33.4 Å². The number of likely N-dealkylation sites (tertiary alicyclic amines) is 1. The molecule has 1 spiro atoms. The van der Waals surface area contributed by atoms with Gasteiger partial charge in [0.2, 0.25) is 5.91 Å². The van der Waals surface area contributed by atoms with Crippen LogP contribution in [0.2, 0.25) is 0 Å². The van der Waals surface area contributed by atoms with Crippen LogP contribution < -0.4 is 14.8 Å². The van der Waals surface area contributed by atoms with Gasteiger partial charge in [0.15, 0.2) is 18.1 Å². The van der Waals surface area contributed by atoms with Crippen LogP contribution in [0.4, 0.5) is 0 Å². The topological polar surface area (TPSA) is 67.9 Å². The summed E-state index contributed by atoms with van der Waals surface area (Å²) in [5.74, 6) is 1.20. The van der Waals surface area contributed by atoms with Crippen molar-refractivity contribution in [3.05, 3.63) is 24.3 Å². The van der Waals surface area contributed by atoms with Crippen LogP contribution in [0.15, 0.2) is 24.3 Å². The molecule has 1 aromatic rings. The average molecular weight is 304 g/mol. The van der Waals surface area contributed by atoms with Gasteiger partial charge in [0.25, 0.3) is 5.91 Å². The van der Waals surface area contributed by atoms with Crippen molar-refractivity contribution in [2.45, 2.75) is 12.8 Å². The lowest BCUT2D eigenvalue weighted by Gasteiger charge is -2.22. The lowest BCUT2D eigenvalue weighted by molar-refractivity contribution is -0.132. The number of carbonyl (C=O) groups excluding carboxylic acids is 2. The lowest BCUT2D eigenvalue weighted by atomic mass is 9.86. The molecular weight excluding hydrogens is 284 g/mol. The number of rotatable bonds is 4. The minimum absolute atomic E-state index is 0.0160. The fourth-order valence-electron chi connectivity index (χ4n) is 3.16. The van der Waals surface area contributed by atoms with E-state index in [0.29, 0.717) is 37.6 Å². The zero-order chi connectivity index (χ0) is 15.6. The van der Waals surface area contributed by atoms with E-state index in [-0.39, 0.29) is 23.8 Å². The van der Waals surface area contributed by atoms with Gasteiger partial charge in [-0.3, -0.25) is 9.59 Å². The van der Waals surface area contributed by atoms with Crippen molar-refractivity contribution in [1.82, 2.24) is 10.2 Å². The predicted molar refractivity (Wildman–Crippen MR) is 79.7 cm³/mol. The molecule has 1 unspecified atom stereocenters. The molecule has 0 saturated carbocycles. The van der Waals surface area contributed by atoms with Gasteiger partial charge in [0, 0.05) is 31.5 Å². The van der Waals surface area contributed by atoms with E-state index in [1.807, 2.05) is 12.1 Å². The number of ether oxygens (including phenoxy) is 2. The maximum absolute atomic E-state index is 12.3. The van der Waals surface area contributed by atoms with Crippen molar-refractivity contribution in [2.24, 2.45) is 5.41 Å².